The zero-order valence-electron chi connectivity index (χ0n) is 17.6. The van der Waals surface area contributed by atoms with Gasteiger partial charge in [-0.25, -0.2) is 5.01 Å². The highest BCUT2D eigenvalue weighted by Gasteiger charge is 2.26. The minimum Gasteiger partial charge on any atom is -0.454 e. The number of ether oxygens (including phenoxy) is 2. The predicted molar refractivity (Wildman–Crippen MR) is 122 cm³/mol. The number of nitro groups is 1. The number of nitro benzene ring substituents is 1. The van der Waals surface area contributed by atoms with Crippen molar-refractivity contribution in [1.82, 2.24) is 15.5 Å². The van der Waals surface area contributed by atoms with Gasteiger partial charge in [0.2, 0.25) is 11.9 Å². The van der Waals surface area contributed by atoms with Gasteiger partial charge in [0, 0.05) is 35.8 Å². The molecule has 2 aromatic carbocycles. The van der Waals surface area contributed by atoms with Crippen LogP contribution in [0.1, 0.15) is 34.5 Å². The summed E-state index contributed by atoms with van der Waals surface area (Å²) in [6, 6.07) is 11.0. The Morgan fingerprint density at radius 2 is 1.94 bits per heavy atom. The summed E-state index contributed by atoms with van der Waals surface area (Å²) in [5.74, 6) is 1.38. The molecule has 33 heavy (non-hydrogen) atoms. The molecule has 11 heteroatoms. The molecule has 6 rings (SSSR count). The Morgan fingerprint density at radius 3 is 2.70 bits per heavy atom. The average molecular weight is 465 g/mol. The Labute approximate surface area is 193 Å². The van der Waals surface area contributed by atoms with Gasteiger partial charge in [-0.05, 0) is 49.1 Å². The smallest absolute Gasteiger partial charge is 0.269 e. The van der Waals surface area contributed by atoms with Gasteiger partial charge >= 0.3 is 0 Å². The standard InChI is InChI=1S/C22H20N6O4S/c29-28(30)16-5-1-13(2-6-16)21-17-10-19-18(31-12-32-19)9-14(17)7-8-27(26-21)22-25-24-20(33-22)11-23-15-3-4-15/h1-2,5-6,9-10,15,23H,3-4,7-8,11-12H2. The number of hydrazone groups is 1. The number of anilines is 1. The number of nitrogens with one attached hydrogen (secondary N) is 1. The van der Waals surface area contributed by atoms with Crippen LogP contribution in [0.25, 0.3) is 0 Å². The fraction of sp³-hybridized carbons (Fsp3) is 0.318. The number of hydrogen-bond donors (Lipinski definition) is 1. The fourth-order valence-corrected chi connectivity index (χ4v) is 4.66. The third-order valence-electron chi connectivity index (χ3n) is 5.82. The maximum atomic E-state index is 11.1. The summed E-state index contributed by atoms with van der Waals surface area (Å²) < 4.78 is 11.2. The van der Waals surface area contributed by atoms with E-state index in [2.05, 4.69) is 15.5 Å². The molecule has 0 unspecified atom stereocenters. The van der Waals surface area contributed by atoms with Gasteiger partial charge < -0.3 is 14.8 Å². The molecule has 3 heterocycles. The second kappa shape index (κ2) is 8.09. The zero-order valence-corrected chi connectivity index (χ0v) is 18.4. The summed E-state index contributed by atoms with van der Waals surface area (Å²) in [5.41, 5.74) is 3.48. The van der Waals surface area contributed by atoms with Crippen LogP contribution in [0.3, 0.4) is 0 Å². The predicted octanol–water partition coefficient (Wildman–Crippen LogP) is 3.24. The highest BCUT2D eigenvalue weighted by molar-refractivity contribution is 7.15. The highest BCUT2D eigenvalue weighted by Crippen LogP contribution is 2.37. The average Bonchev–Trinajstić information content (AvgIpc) is 3.40. The molecule has 0 radical (unpaired) electrons. The summed E-state index contributed by atoms with van der Waals surface area (Å²) in [5, 5.41) is 31.7. The first-order chi connectivity index (χ1) is 16.1. The van der Waals surface area contributed by atoms with Crippen LogP contribution < -0.4 is 19.8 Å². The highest BCUT2D eigenvalue weighted by atomic mass is 32.1. The number of non-ortho nitro benzene ring substituents is 1. The van der Waals surface area contributed by atoms with Gasteiger partial charge in [-0.15, -0.1) is 10.2 Å². The molecule has 3 aromatic rings. The van der Waals surface area contributed by atoms with Crippen molar-refractivity contribution < 1.29 is 14.4 Å². The topological polar surface area (TPSA) is 115 Å². The molecule has 10 nitrogen and oxygen atoms in total. The van der Waals surface area contributed by atoms with Crippen molar-refractivity contribution in [2.24, 2.45) is 5.10 Å². The first-order valence-corrected chi connectivity index (χ1v) is 11.6. The Balaban J connectivity index is 1.38. The molecule has 0 bridgehead atoms. The fourth-order valence-electron chi connectivity index (χ4n) is 3.89. The van der Waals surface area contributed by atoms with Crippen molar-refractivity contribution in [2.45, 2.75) is 31.8 Å². The van der Waals surface area contributed by atoms with Gasteiger partial charge in [0.1, 0.15) is 5.01 Å². The number of aromatic nitrogens is 2. The molecule has 1 fully saturated rings. The van der Waals surface area contributed by atoms with Crippen LogP contribution in [0.2, 0.25) is 0 Å². The molecule has 1 aliphatic carbocycles. The van der Waals surface area contributed by atoms with E-state index in [0.717, 1.165) is 39.0 Å². The lowest BCUT2D eigenvalue weighted by molar-refractivity contribution is -0.384. The van der Waals surface area contributed by atoms with Gasteiger partial charge in [-0.2, -0.15) is 5.10 Å². The van der Waals surface area contributed by atoms with Crippen LogP contribution in [0.4, 0.5) is 10.8 Å². The van der Waals surface area contributed by atoms with E-state index in [9.17, 15) is 10.1 Å². The van der Waals surface area contributed by atoms with Crippen LogP contribution in [0, 0.1) is 10.1 Å². The lowest BCUT2D eigenvalue weighted by atomic mass is 9.95. The van der Waals surface area contributed by atoms with E-state index in [1.807, 2.05) is 17.1 Å². The van der Waals surface area contributed by atoms with E-state index >= 15 is 0 Å². The van der Waals surface area contributed by atoms with Crippen molar-refractivity contribution >= 4 is 27.9 Å². The van der Waals surface area contributed by atoms with E-state index < -0.39 is 4.92 Å². The minimum absolute atomic E-state index is 0.0349. The van der Waals surface area contributed by atoms with Crippen LogP contribution in [0.5, 0.6) is 11.5 Å². The molecule has 0 amide bonds. The molecule has 1 N–H and O–H groups in total. The number of benzene rings is 2. The van der Waals surface area contributed by atoms with E-state index in [0.29, 0.717) is 30.6 Å². The zero-order chi connectivity index (χ0) is 22.4. The number of nitrogens with zero attached hydrogens (tertiary/aromatic N) is 5. The van der Waals surface area contributed by atoms with Crippen LogP contribution >= 0.6 is 11.3 Å². The molecule has 0 spiro atoms. The largest absolute Gasteiger partial charge is 0.454 e. The van der Waals surface area contributed by atoms with E-state index in [4.69, 9.17) is 14.6 Å². The second-order valence-corrected chi connectivity index (χ2v) is 9.16. The molecule has 1 aromatic heterocycles. The van der Waals surface area contributed by atoms with Crippen LogP contribution in [-0.2, 0) is 13.0 Å². The maximum Gasteiger partial charge on any atom is 0.269 e. The Bertz CT molecular complexity index is 1250. The Hall–Kier alpha value is -3.57. The molecule has 168 valence electrons. The summed E-state index contributed by atoms with van der Waals surface area (Å²) in [7, 11) is 0. The molecule has 2 aliphatic heterocycles. The normalized spacial score (nSPS) is 16.8. The summed E-state index contributed by atoms with van der Waals surface area (Å²) in [4.78, 5) is 10.7. The first-order valence-electron chi connectivity index (χ1n) is 10.7. The summed E-state index contributed by atoms with van der Waals surface area (Å²) >= 11 is 1.52. The van der Waals surface area contributed by atoms with E-state index in [-0.39, 0.29) is 12.5 Å². The minimum atomic E-state index is -0.407. The molecule has 1 saturated carbocycles. The van der Waals surface area contributed by atoms with E-state index in [1.165, 1.54) is 36.3 Å². The van der Waals surface area contributed by atoms with Gasteiger partial charge in [0.15, 0.2) is 11.5 Å². The lowest BCUT2D eigenvalue weighted by Crippen LogP contribution is -2.19. The molecule has 0 saturated heterocycles. The molecule has 0 atom stereocenters. The van der Waals surface area contributed by atoms with Crippen molar-refractivity contribution in [3.63, 3.8) is 0 Å². The number of hydrogen-bond acceptors (Lipinski definition) is 10. The van der Waals surface area contributed by atoms with Crippen LogP contribution in [0.15, 0.2) is 41.5 Å². The third kappa shape index (κ3) is 4.00. The van der Waals surface area contributed by atoms with Gasteiger partial charge in [-0.1, -0.05) is 11.3 Å². The Morgan fingerprint density at radius 1 is 1.15 bits per heavy atom. The van der Waals surface area contributed by atoms with Crippen molar-refractivity contribution in [1.29, 1.82) is 0 Å². The summed E-state index contributed by atoms with van der Waals surface area (Å²) in [6.45, 7) is 1.52. The monoisotopic (exact) mass is 464 g/mol. The second-order valence-electron chi connectivity index (χ2n) is 8.12. The molecule has 3 aliphatic rings. The SMILES string of the molecule is O=[N+]([O-])c1ccc(C2=NN(c3nnc(CNC4CC4)s3)CCc3cc4c(cc32)OCO4)cc1. The van der Waals surface area contributed by atoms with Crippen molar-refractivity contribution in [3.05, 3.63) is 68.2 Å². The van der Waals surface area contributed by atoms with Crippen LogP contribution in [-0.4, -0.2) is 40.2 Å². The lowest BCUT2D eigenvalue weighted by Gasteiger charge is -2.14. The third-order valence-corrected chi connectivity index (χ3v) is 6.75. The number of rotatable bonds is 6. The first kappa shape index (κ1) is 20.1. The van der Waals surface area contributed by atoms with Crippen molar-refractivity contribution in [2.75, 3.05) is 18.3 Å². The quantitative estimate of drug-likeness (QED) is 0.437. The summed E-state index contributed by atoms with van der Waals surface area (Å²) in [6.07, 6.45) is 3.16. The van der Waals surface area contributed by atoms with Gasteiger partial charge in [0.05, 0.1) is 17.2 Å². The van der Waals surface area contributed by atoms with Gasteiger partial charge in [-0.3, -0.25) is 10.1 Å². The van der Waals surface area contributed by atoms with Gasteiger partial charge in [0.25, 0.3) is 5.69 Å². The van der Waals surface area contributed by atoms with Crippen molar-refractivity contribution in [3.8, 4) is 11.5 Å². The number of fused-ring (bicyclic) bond motifs is 2. The molecular weight excluding hydrogens is 444 g/mol. The van der Waals surface area contributed by atoms with E-state index in [1.54, 1.807) is 12.1 Å². The molecular formula is C22H20N6O4S. The Kier molecular flexibility index (Phi) is 4.92. The maximum absolute atomic E-state index is 11.1.